The molecule has 2 aromatic carbocycles. The first-order valence-corrected chi connectivity index (χ1v) is 12.8. The number of ether oxygens (including phenoxy) is 2. The molecule has 0 spiro atoms. The lowest BCUT2D eigenvalue weighted by Gasteiger charge is -2.41. The Kier molecular flexibility index (Phi) is 7.48. The number of piperidine rings is 1. The molecule has 35 heavy (non-hydrogen) atoms. The van der Waals surface area contributed by atoms with Crippen LogP contribution in [0.1, 0.15) is 36.8 Å². The van der Waals surface area contributed by atoms with Crippen LogP contribution in [-0.2, 0) is 11.2 Å². The van der Waals surface area contributed by atoms with Gasteiger partial charge in [0.25, 0.3) is 0 Å². The topological polar surface area (TPSA) is 54.4 Å². The zero-order valence-electron chi connectivity index (χ0n) is 20.6. The van der Waals surface area contributed by atoms with Crippen molar-refractivity contribution in [2.75, 3.05) is 46.0 Å². The van der Waals surface area contributed by atoms with Gasteiger partial charge in [-0.3, -0.25) is 4.99 Å². The molecule has 184 valence electrons. The fraction of sp³-hybridized carbons (Fsp3) is 0.448. The molecule has 0 bridgehead atoms. The maximum atomic E-state index is 13.4. The number of morpholine rings is 1. The minimum absolute atomic E-state index is 0.132. The monoisotopic (exact) mass is 473 g/mol. The molecular weight excluding hydrogens is 438 g/mol. The number of allylic oxidation sites excluding steroid dienone is 1. The molecule has 2 unspecified atom stereocenters. The van der Waals surface area contributed by atoms with E-state index in [-0.39, 0.29) is 11.9 Å². The van der Waals surface area contributed by atoms with Crippen molar-refractivity contribution in [3.8, 4) is 5.75 Å². The Hall–Kier alpha value is -3.12. The largest absolute Gasteiger partial charge is 0.487 e. The van der Waals surface area contributed by atoms with Gasteiger partial charge in [-0.25, -0.2) is 4.79 Å². The second-order valence-corrected chi connectivity index (χ2v) is 9.62. The summed E-state index contributed by atoms with van der Waals surface area (Å²) in [6.07, 6.45) is 5.05. The Morgan fingerprint density at radius 1 is 1.00 bits per heavy atom. The third kappa shape index (κ3) is 5.76. The smallest absolute Gasteiger partial charge is 0.320 e. The zero-order chi connectivity index (χ0) is 24.0. The first-order chi connectivity index (χ1) is 17.2. The Bertz CT molecular complexity index is 1060. The van der Waals surface area contributed by atoms with E-state index in [2.05, 4.69) is 42.2 Å². The second-order valence-electron chi connectivity index (χ2n) is 9.62. The van der Waals surface area contributed by atoms with Crippen LogP contribution < -0.4 is 4.74 Å². The summed E-state index contributed by atoms with van der Waals surface area (Å²) in [6.45, 7) is 6.69. The van der Waals surface area contributed by atoms with Crippen molar-refractivity contribution in [1.29, 1.82) is 0 Å². The van der Waals surface area contributed by atoms with Gasteiger partial charge < -0.3 is 19.3 Å². The maximum Gasteiger partial charge on any atom is 0.320 e. The van der Waals surface area contributed by atoms with Crippen molar-refractivity contribution < 1.29 is 14.3 Å². The Morgan fingerprint density at radius 3 is 2.49 bits per heavy atom. The van der Waals surface area contributed by atoms with E-state index in [4.69, 9.17) is 14.5 Å². The van der Waals surface area contributed by atoms with Gasteiger partial charge in [-0.15, -0.1) is 0 Å². The summed E-state index contributed by atoms with van der Waals surface area (Å²) in [7, 11) is 0. The standard InChI is InChI=1S/C29H35N3O3/c1-2-22-8-10-23(11-9-22)24-18-25(20-32(19-24)29(33)31-14-16-34-17-15-31)28-13-12-26(30-28)21-35-27-6-4-3-5-7-27/h3-12,24-25H,2,13-21H2,1H3. The number of nitrogens with zero attached hydrogens (tertiary/aromatic N) is 3. The molecule has 0 radical (unpaired) electrons. The van der Waals surface area contributed by atoms with E-state index in [9.17, 15) is 4.79 Å². The van der Waals surface area contributed by atoms with Crippen LogP contribution in [0.2, 0.25) is 0 Å². The van der Waals surface area contributed by atoms with E-state index >= 15 is 0 Å². The number of carbonyl (C=O) groups is 1. The lowest BCUT2D eigenvalue weighted by Crippen LogP contribution is -2.53. The predicted molar refractivity (Wildman–Crippen MR) is 138 cm³/mol. The lowest BCUT2D eigenvalue weighted by atomic mass is 9.81. The molecule has 2 atom stereocenters. The summed E-state index contributed by atoms with van der Waals surface area (Å²) in [5, 5.41) is 0. The molecule has 2 aromatic rings. The van der Waals surface area contributed by atoms with E-state index in [1.54, 1.807) is 0 Å². The van der Waals surface area contributed by atoms with E-state index in [1.165, 1.54) is 16.8 Å². The second kappa shape index (κ2) is 11.1. The van der Waals surface area contributed by atoms with Crippen LogP contribution in [0.3, 0.4) is 0 Å². The molecule has 5 rings (SSSR count). The molecule has 6 heteroatoms. The minimum Gasteiger partial charge on any atom is -0.487 e. The summed E-state index contributed by atoms with van der Waals surface area (Å²) in [6, 6.07) is 18.9. The molecule has 2 saturated heterocycles. The fourth-order valence-corrected chi connectivity index (χ4v) is 5.24. The summed E-state index contributed by atoms with van der Waals surface area (Å²) in [5.74, 6) is 1.40. The summed E-state index contributed by atoms with van der Waals surface area (Å²) in [5.41, 5.74) is 4.80. The van der Waals surface area contributed by atoms with Gasteiger partial charge in [0.1, 0.15) is 12.4 Å². The Balaban J connectivity index is 1.31. The van der Waals surface area contributed by atoms with Crippen molar-refractivity contribution in [2.24, 2.45) is 10.9 Å². The number of amides is 2. The summed E-state index contributed by atoms with van der Waals surface area (Å²) >= 11 is 0. The average Bonchev–Trinajstić information content (AvgIpc) is 3.42. The van der Waals surface area contributed by atoms with Crippen LogP contribution in [0, 0.1) is 5.92 Å². The number of urea groups is 1. The summed E-state index contributed by atoms with van der Waals surface area (Å²) in [4.78, 5) is 22.4. The van der Waals surface area contributed by atoms with Gasteiger partial charge in [-0.1, -0.05) is 55.5 Å². The highest BCUT2D eigenvalue weighted by molar-refractivity contribution is 5.91. The molecule has 2 amide bonds. The van der Waals surface area contributed by atoms with Crippen molar-refractivity contribution in [3.63, 3.8) is 0 Å². The van der Waals surface area contributed by atoms with Crippen molar-refractivity contribution >= 4 is 11.7 Å². The van der Waals surface area contributed by atoms with E-state index in [0.29, 0.717) is 38.8 Å². The average molecular weight is 474 g/mol. The van der Waals surface area contributed by atoms with Crippen molar-refractivity contribution in [2.45, 2.75) is 32.1 Å². The Morgan fingerprint density at radius 2 is 1.74 bits per heavy atom. The minimum atomic E-state index is 0.132. The predicted octanol–water partition coefficient (Wildman–Crippen LogP) is 4.91. The number of aliphatic imine (C=N–C) groups is 1. The normalized spacial score (nSPS) is 22.5. The number of carbonyl (C=O) groups excluding carboxylic acids is 1. The maximum absolute atomic E-state index is 13.4. The van der Waals surface area contributed by atoms with Crippen LogP contribution in [-0.4, -0.2) is 67.5 Å². The zero-order valence-corrected chi connectivity index (χ0v) is 20.6. The van der Waals surface area contributed by atoms with Crippen molar-refractivity contribution in [3.05, 3.63) is 77.5 Å². The van der Waals surface area contributed by atoms with Gasteiger partial charge in [0, 0.05) is 50.1 Å². The summed E-state index contributed by atoms with van der Waals surface area (Å²) < 4.78 is 11.4. The number of hydrogen-bond donors (Lipinski definition) is 0. The van der Waals surface area contributed by atoms with Gasteiger partial charge in [0.05, 0.1) is 18.9 Å². The van der Waals surface area contributed by atoms with Gasteiger partial charge in [0.15, 0.2) is 0 Å². The fourth-order valence-electron chi connectivity index (χ4n) is 5.24. The molecule has 3 aliphatic rings. The molecule has 6 nitrogen and oxygen atoms in total. The first-order valence-electron chi connectivity index (χ1n) is 12.8. The third-order valence-corrected chi connectivity index (χ3v) is 7.30. The van der Waals surface area contributed by atoms with Crippen LogP contribution >= 0.6 is 0 Å². The molecule has 3 aliphatic heterocycles. The highest BCUT2D eigenvalue weighted by Crippen LogP contribution is 2.34. The molecule has 0 aromatic heterocycles. The quantitative estimate of drug-likeness (QED) is 0.599. The molecular formula is C29H35N3O3. The van der Waals surface area contributed by atoms with Crippen LogP contribution in [0.4, 0.5) is 4.79 Å². The highest BCUT2D eigenvalue weighted by Gasteiger charge is 2.36. The van der Waals surface area contributed by atoms with Crippen LogP contribution in [0.25, 0.3) is 0 Å². The highest BCUT2D eigenvalue weighted by atomic mass is 16.5. The molecule has 0 aliphatic carbocycles. The molecule has 3 heterocycles. The van der Waals surface area contributed by atoms with Gasteiger partial charge in [0.2, 0.25) is 0 Å². The van der Waals surface area contributed by atoms with Crippen molar-refractivity contribution in [1.82, 2.24) is 9.80 Å². The molecule has 0 saturated carbocycles. The number of benzene rings is 2. The van der Waals surface area contributed by atoms with Crippen LogP contribution in [0.5, 0.6) is 5.75 Å². The van der Waals surface area contributed by atoms with Crippen LogP contribution in [0.15, 0.2) is 71.4 Å². The lowest BCUT2D eigenvalue weighted by molar-refractivity contribution is 0.0396. The number of aryl methyl sites for hydroxylation is 1. The molecule has 0 N–H and O–H groups in total. The SMILES string of the molecule is CCc1ccc(C2CC(C3=NC(COc4ccccc4)=CC3)CN(C(=O)N3CCOCC3)C2)cc1. The van der Waals surface area contributed by atoms with Gasteiger partial charge >= 0.3 is 6.03 Å². The van der Waals surface area contributed by atoms with E-state index < -0.39 is 0 Å². The van der Waals surface area contributed by atoms with Gasteiger partial charge in [-0.2, -0.15) is 0 Å². The first kappa shape index (κ1) is 23.6. The number of likely N-dealkylation sites (tertiary alicyclic amines) is 1. The number of hydrogen-bond acceptors (Lipinski definition) is 4. The molecule has 2 fully saturated rings. The Labute approximate surface area is 208 Å². The number of para-hydroxylation sites is 1. The van der Waals surface area contributed by atoms with E-state index in [0.717, 1.165) is 43.8 Å². The third-order valence-electron chi connectivity index (χ3n) is 7.30. The number of rotatable bonds is 6. The van der Waals surface area contributed by atoms with E-state index in [1.807, 2.05) is 35.2 Å². The van der Waals surface area contributed by atoms with Gasteiger partial charge in [-0.05, 0) is 36.1 Å².